The molecule has 2 aliphatic carbocycles. The molecule has 4 aromatic carbocycles. The van der Waals surface area contributed by atoms with Gasteiger partial charge in [-0.3, -0.25) is 0 Å². The Morgan fingerprint density at radius 1 is 0.679 bits per heavy atom. The highest BCUT2D eigenvalue weighted by atomic mass is 14.3. The van der Waals surface area contributed by atoms with Crippen LogP contribution in [-0.2, 0) is 12.8 Å². The van der Waals surface area contributed by atoms with Crippen LogP contribution < -0.4 is 0 Å². The van der Waals surface area contributed by atoms with Crippen LogP contribution in [0, 0.1) is 18.1 Å². The van der Waals surface area contributed by atoms with E-state index in [1.807, 2.05) is 0 Å². The third-order valence-corrected chi connectivity index (χ3v) is 6.47. The largest absolute Gasteiger partial charge is 0.0610 e. The molecule has 0 spiro atoms. The van der Waals surface area contributed by atoms with Crippen LogP contribution in [0.3, 0.4) is 0 Å². The predicted molar refractivity (Wildman–Crippen MR) is 118 cm³/mol. The number of rotatable bonds is 2. The van der Waals surface area contributed by atoms with Crippen molar-refractivity contribution >= 4 is 33.7 Å². The lowest BCUT2D eigenvalue weighted by atomic mass is 9.77. The maximum absolute atomic E-state index is 3.39. The van der Waals surface area contributed by atoms with E-state index in [1.54, 1.807) is 0 Å². The van der Waals surface area contributed by atoms with E-state index in [4.69, 9.17) is 0 Å². The smallest absolute Gasteiger partial charge is 0.000809 e. The molecule has 0 bridgehead atoms. The molecular formula is C28H20. The van der Waals surface area contributed by atoms with Gasteiger partial charge in [-0.15, -0.1) is 0 Å². The molecule has 0 saturated heterocycles. The molecule has 28 heavy (non-hydrogen) atoms. The summed E-state index contributed by atoms with van der Waals surface area (Å²) in [5.74, 6) is 0.431. The summed E-state index contributed by atoms with van der Waals surface area (Å²) in [6, 6.07) is 28.5. The monoisotopic (exact) mass is 356 g/mol. The number of benzene rings is 4. The first-order chi connectivity index (χ1) is 13.8. The van der Waals surface area contributed by atoms with Crippen molar-refractivity contribution in [3.05, 3.63) is 106 Å². The van der Waals surface area contributed by atoms with Gasteiger partial charge in [0, 0.05) is 0 Å². The van der Waals surface area contributed by atoms with Gasteiger partial charge in [-0.2, -0.15) is 0 Å². The molecule has 6 rings (SSSR count). The molecule has 0 nitrogen and oxygen atoms in total. The quantitative estimate of drug-likeness (QED) is 0.370. The second-order valence-corrected chi connectivity index (χ2v) is 8.06. The lowest BCUT2D eigenvalue weighted by Gasteiger charge is -2.27. The standard InChI is InChI=1S/C28H20/c1-18(25-14-21-10-2-6-19-7-3-11-22(15-25)27(19)21)26-16-23-12-4-8-20-9-5-13-24(17-26)28(20)23/h2-6,8,10-14,16,18H,15,17H2,1H3. The van der Waals surface area contributed by atoms with E-state index in [0.717, 1.165) is 12.8 Å². The molecule has 0 aromatic heterocycles. The molecule has 0 saturated carbocycles. The van der Waals surface area contributed by atoms with Gasteiger partial charge >= 0.3 is 0 Å². The van der Waals surface area contributed by atoms with Crippen LogP contribution in [0.15, 0.2) is 71.8 Å². The minimum absolute atomic E-state index is 0.431. The Hall–Kier alpha value is -3.12. The van der Waals surface area contributed by atoms with Gasteiger partial charge in [-0.1, -0.05) is 90.9 Å². The van der Waals surface area contributed by atoms with Gasteiger partial charge < -0.3 is 0 Å². The fourth-order valence-electron chi connectivity index (χ4n) is 5.00. The average Bonchev–Trinajstić information content (AvgIpc) is 2.74. The van der Waals surface area contributed by atoms with E-state index in [-0.39, 0.29) is 0 Å². The van der Waals surface area contributed by atoms with Crippen LogP contribution in [0.25, 0.3) is 33.7 Å². The van der Waals surface area contributed by atoms with Crippen molar-refractivity contribution < 1.29 is 0 Å². The highest BCUT2D eigenvalue weighted by Gasteiger charge is 2.23. The molecular weight excluding hydrogens is 336 g/mol. The minimum Gasteiger partial charge on any atom is -0.0610 e. The Balaban J connectivity index is 1.45. The molecule has 0 N–H and O–H groups in total. The van der Waals surface area contributed by atoms with Crippen molar-refractivity contribution in [1.82, 2.24) is 0 Å². The van der Waals surface area contributed by atoms with Gasteiger partial charge in [-0.05, 0) is 74.7 Å². The van der Waals surface area contributed by atoms with Gasteiger partial charge in [0.15, 0.2) is 0 Å². The molecule has 0 atom stereocenters. The first-order valence-electron chi connectivity index (χ1n) is 10.0. The Morgan fingerprint density at radius 2 is 1.18 bits per heavy atom. The zero-order valence-corrected chi connectivity index (χ0v) is 15.9. The van der Waals surface area contributed by atoms with Crippen molar-refractivity contribution in [3.63, 3.8) is 0 Å². The number of allylic oxidation sites excluding steroid dienone is 2. The molecule has 0 aliphatic heterocycles. The molecule has 0 fully saturated rings. The summed E-state index contributed by atoms with van der Waals surface area (Å²) in [4.78, 5) is 0. The minimum atomic E-state index is 0.431. The van der Waals surface area contributed by atoms with Crippen LogP contribution in [0.4, 0.5) is 0 Å². The highest BCUT2D eigenvalue weighted by Crippen LogP contribution is 2.39. The van der Waals surface area contributed by atoms with Gasteiger partial charge in [0.1, 0.15) is 0 Å². The lowest BCUT2D eigenvalue weighted by molar-refractivity contribution is 0.755. The second kappa shape index (κ2) is 5.94. The maximum atomic E-state index is 3.39. The molecule has 0 amide bonds. The molecule has 0 heterocycles. The summed E-state index contributed by atoms with van der Waals surface area (Å²) >= 11 is 0. The molecule has 0 heteroatoms. The molecule has 2 aliphatic rings. The maximum Gasteiger partial charge on any atom is -0.000809 e. The normalized spacial score (nSPS) is 15.1. The fourth-order valence-corrected chi connectivity index (χ4v) is 5.00. The van der Waals surface area contributed by atoms with Gasteiger partial charge in [-0.25, -0.2) is 0 Å². The molecule has 0 unspecified atom stereocenters. The van der Waals surface area contributed by atoms with Crippen LogP contribution >= 0.6 is 0 Å². The van der Waals surface area contributed by atoms with Gasteiger partial charge in [0.05, 0.1) is 0 Å². The zero-order chi connectivity index (χ0) is 18.7. The third-order valence-electron chi connectivity index (χ3n) is 6.47. The Morgan fingerprint density at radius 3 is 1.68 bits per heavy atom. The summed E-state index contributed by atoms with van der Waals surface area (Å²) in [6.07, 6.45) is 6.90. The van der Waals surface area contributed by atoms with Crippen molar-refractivity contribution in [3.8, 4) is 0 Å². The summed E-state index contributed by atoms with van der Waals surface area (Å²) in [5.41, 5.74) is 8.56. The Kier molecular flexibility index (Phi) is 3.37. The zero-order valence-electron chi connectivity index (χ0n) is 15.9. The van der Waals surface area contributed by atoms with Gasteiger partial charge in [0.2, 0.25) is 0 Å². The summed E-state index contributed by atoms with van der Waals surface area (Å²) in [6.45, 7) is 2.37. The number of hydrogen-bond donors (Lipinski definition) is 0. The van der Waals surface area contributed by atoms with Crippen molar-refractivity contribution in [2.45, 2.75) is 19.8 Å². The van der Waals surface area contributed by atoms with E-state index < -0.39 is 0 Å². The van der Waals surface area contributed by atoms with E-state index in [9.17, 15) is 0 Å². The van der Waals surface area contributed by atoms with Crippen LogP contribution in [0.5, 0.6) is 0 Å². The topological polar surface area (TPSA) is 0 Å². The third kappa shape index (κ3) is 2.31. The first kappa shape index (κ1) is 15.9. The van der Waals surface area contributed by atoms with Crippen LogP contribution in [0.2, 0.25) is 0 Å². The van der Waals surface area contributed by atoms with Gasteiger partial charge in [0.25, 0.3) is 0 Å². The van der Waals surface area contributed by atoms with E-state index in [1.165, 1.54) is 54.9 Å². The predicted octanol–water partition coefficient (Wildman–Crippen LogP) is 6.81. The first-order valence-corrected chi connectivity index (χ1v) is 10.0. The Bertz CT molecular complexity index is 1200. The average molecular weight is 356 g/mol. The van der Waals surface area contributed by atoms with E-state index in [2.05, 4.69) is 91.9 Å². The fraction of sp³-hybridized carbons (Fsp3) is 0.143. The van der Waals surface area contributed by atoms with Crippen LogP contribution in [-0.4, -0.2) is 0 Å². The highest BCUT2D eigenvalue weighted by molar-refractivity contribution is 5.97. The lowest BCUT2D eigenvalue weighted by Crippen LogP contribution is -2.13. The van der Waals surface area contributed by atoms with E-state index >= 15 is 0 Å². The Labute approximate surface area is 165 Å². The van der Waals surface area contributed by atoms with Crippen molar-refractivity contribution in [2.24, 2.45) is 5.92 Å². The number of hydrogen-bond acceptors (Lipinski definition) is 0. The van der Waals surface area contributed by atoms with Crippen molar-refractivity contribution in [2.75, 3.05) is 0 Å². The molecule has 2 radical (unpaired) electrons. The van der Waals surface area contributed by atoms with Crippen LogP contribution in [0.1, 0.15) is 29.2 Å². The second-order valence-electron chi connectivity index (χ2n) is 8.06. The SMILES string of the molecule is CC(C1=Cc2cccc3[c]ccc(c23)C1)C1=Cc2cccc3[c]ccc(c23)C1. The molecule has 132 valence electrons. The van der Waals surface area contributed by atoms with Crippen molar-refractivity contribution in [1.29, 1.82) is 0 Å². The van der Waals surface area contributed by atoms with E-state index in [0.29, 0.717) is 5.92 Å². The summed E-state index contributed by atoms with van der Waals surface area (Å²) in [5, 5.41) is 5.21. The summed E-state index contributed by atoms with van der Waals surface area (Å²) in [7, 11) is 0. The summed E-state index contributed by atoms with van der Waals surface area (Å²) < 4.78 is 0. The molecule has 4 aromatic rings.